The molecule has 3 aromatic rings. The summed E-state index contributed by atoms with van der Waals surface area (Å²) < 4.78 is 73.1. The van der Waals surface area contributed by atoms with Gasteiger partial charge in [0.05, 0.1) is 22.9 Å². The maximum absolute atomic E-state index is 12.6. The zero-order valence-electron chi connectivity index (χ0n) is 17.5. The SMILES string of the molecule is C[C@@H](CO)Nc1nc(NNc2ccc(S(=O)(=O)O)cc2)cc(-c2cccc(OC(F)(F)F)c2)n1. The van der Waals surface area contributed by atoms with Crippen molar-refractivity contribution in [2.75, 3.05) is 22.8 Å². The smallest absolute Gasteiger partial charge is 0.406 e. The molecule has 0 radical (unpaired) electrons. The number of aliphatic hydroxyl groups is 1. The summed E-state index contributed by atoms with van der Waals surface area (Å²) in [6.45, 7) is 1.46. The topological polar surface area (TPSA) is 146 Å². The second kappa shape index (κ2) is 10.1. The predicted octanol–water partition coefficient (Wildman–Crippen LogP) is 3.52. The van der Waals surface area contributed by atoms with Gasteiger partial charge in [0, 0.05) is 17.7 Å². The quantitative estimate of drug-likeness (QED) is 0.219. The van der Waals surface area contributed by atoms with Crippen LogP contribution >= 0.6 is 0 Å². The molecule has 34 heavy (non-hydrogen) atoms. The molecule has 3 rings (SSSR count). The predicted molar refractivity (Wildman–Crippen MR) is 118 cm³/mol. The minimum atomic E-state index is -4.85. The number of alkyl halides is 3. The van der Waals surface area contributed by atoms with Crippen LogP contribution in [-0.2, 0) is 10.1 Å². The molecule has 0 aliphatic rings. The minimum Gasteiger partial charge on any atom is -0.406 e. The van der Waals surface area contributed by atoms with E-state index in [4.69, 9.17) is 4.55 Å². The highest BCUT2D eigenvalue weighted by atomic mass is 32.2. The van der Waals surface area contributed by atoms with E-state index in [2.05, 4.69) is 30.9 Å². The Balaban J connectivity index is 1.88. The molecule has 1 atom stereocenters. The number of aliphatic hydroxyl groups excluding tert-OH is 1. The molecule has 10 nitrogen and oxygen atoms in total. The summed E-state index contributed by atoms with van der Waals surface area (Å²) in [5.41, 5.74) is 6.56. The van der Waals surface area contributed by atoms with E-state index in [9.17, 15) is 26.7 Å². The van der Waals surface area contributed by atoms with Crippen LogP contribution in [0.1, 0.15) is 6.92 Å². The van der Waals surface area contributed by atoms with Crippen molar-refractivity contribution in [3.63, 3.8) is 0 Å². The van der Waals surface area contributed by atoms with Crippen molar-refractivity contribution in [1.82, 2.24) is 9.97 Å². The Hall–Kier alpha value is -3.62. The third kappa shape index (κ3) is 7.19. The largest absolute Gasteiger partial charge is 0.573 e. The summed E-state index contributed by atoms with van der Waals surface area (Å²) in [5.74, 6) is -0.126. The number of rotatable bonds is 9. The molecule has 0 saturated heterocycles. The Morgan fingerprint density at radius 2 is 1.76 bits per heavy atom. The van der Waals surface area contributed by atoms with Crippen molar-refractivity contribution >= 4 is 27.6 Å². The first kappa shape index (κ1) is 25.0. The van der Waals surface area contributed by atoms with Crippen molar-refractivity contribution in [2.24, 2.45) is 0 Å². The Morgan fingerprint density at radius 3 is 2.38 bits per heavy atom. The van der Waals surface area contributed by atoms with Gasteiger partial charge in [-0.2, -0.15) is 13.4 Å². The number of benzene rings is 2. The molecule has 0 unspecified atom stereocenters. The molecule has 0 amide bonds. The monoisotopic (exact) mass is 499 g/mol. The fraction of sp³-hybridized carbons (Fsp3) is 0.200. The zero-order valence-corrected chi connectivity index (χ0v) is 18.4. The molecule has 2 aromatic carbocycles. The lowest BCUT2D eigenvalue weighted by atomic mass is 10.1. The van der Waals surface area contributed by atoms with Gasteiger partial charge in [0.15, 0.2) is 5.82 Å². The van der Waals surface area contributed by atoms with Gasteiger partial charge in [-0.15, -0.1) is 13.2 Å². The maximum atomic E-state index is 12.6. The molecule has 182 valence electrons. The number of hydrogen-bond acceptors (Lipinski definition) is 9. The first-order chi connectivity index (χ1) is 15.9. The average molecular weight is 499 g/mol. The average Bonchev–Trinajstić information content (AvgIpc) is 2.76. The third-order valence-corrected chi connectivity index (χ3v) is 5.09. The van der Waals surface area contributed by atoms with E-state index in [1.165, 1.54) is 48.5 Å². The zero-order chi connectivity index (χ0) is 24.9. The normalized spacial score (nSPS) is 12.6. The molecular weight excluding hydrogens is 479 g/mol. The number of halogens is 3. The first-order valence-corrected chi connectivity index (χ1v) is 11.1. The van der Waals surface area contributed by atoms with E-state index in [0.717, 1.165) is 6.07 Å². The van der Waals surface area contributed by atoms with Gasteiger partial charge in [0.2, 0.25) is 5.95 Å². The van der Waals surface area contributed by atoms with Crippen LogP contribution in [0, 0.1) is 0 Å². The van der Waals surface area contributed by atoms with Crippen LogP contribution in [0.3, 0.4) is 0 Å². The fourth-order valence-electron chi connectivity index (χ4n) is 2.69. The van der Waals surface area contributed by atoms with Crippen molar-refractivity contribution in [2.45, 2.75) is 24.2 Å². The molecule has 0 aliphatic carbocycles. The van der Waals surface area contributed by atoms with Gasteiger partial charge in [0.1, 0.15) is 5.75 Å². The molecule has 1 heterocycles. The highest BCUT2D eigenvalue weighted by Crippen LogP contribution is 2.29. The molecule has 1 aromatic heterocycles. The lowest BCUT2D eigenvalue weighted by molar-refractivity contribution is -0.274. The molecule has 5 N–H and O–H groups in total. The molecule has 0 bridgehead atoms. The van der Waals surface area contributed by atoms with E-state index in [-0.39, 0.29) is 29.0 Å². The standard InChI is InChI=1S/C20H20F3N5O5S/c1-12(11-29)24-19-25-17(13-3-2-4-15(9-13)33-20(21,22)23)10-18(26-19)28-27-14-5-7-16(8-6-14)34(30,31)32/h2-10,12,27,29H,11H2,1H3,(H,30,31,32)(H2,24,25,26,28)/t12-/m0/s1. The molecule has 0 spiro atoms. The summed E-state index contributed by atoms with van der Waals surface area (Å²) in [5, 5.41) is 12.2. The Kier molecular flexibility index (Phi) is 7.44. The van der Waals surface area contributed by atoms with Gasteiger partial charge in [-0.1, -0.05) is 12.1 Å². The minimum absolute atomic E-state index is 0.0900. The van der Waals surface area contributed by atoms with E-state index in [1.54, 1.807) is 6.92 Å². The first-order valence-electron chi connectivity index (χ1n) is 9.65. The molecular formula is C20H20F3N5O5S. The van der Waals surface area contributed by atoms with E-state index in [0.29, 0.717) is 11.3 Å². The Morgan fingerprint density at radius 1 is 1.06 bits per heavy atom. The number of aromatic nitrogens is 2. The lowest BCUT2D eigenvalue weighted by Gasteiger charge is -2.15. The van der Waals surface area contributed by atoms with E-state index >= 15 is 0 Å². The van der Waals surface area contributed by atoms with Crippen LogP contribution in [0.4, 0.5) is 30.6 Å². The van der Waals surface area contributed by atoms with Crippen LogP contribution < -0.4 is 20.9 Å². The molecule has 14 heteroatoms. The Bertz CT molecular complexity index is 1240. The van der Waals surface area contributed by atoms with Crippen LogP contribution in [0.25, 0.3) is 11.3 Å². The van der Waals surface area contributed by atoms with Crippen LogP contribution in [0.15, 0.2) is 59.5 Å². The summed E-state index contributed by atoms with van der Waals surface area (Å²) in [6.07, 6.45) is -4.85. The number of nitrogens with one attached hydrogen (secondary N) is 3. The summed E-state index contributed by atoms with van der Waals surface area (Å²) >= 11 is 0. The van der Waals surface area contributed by atoms with Crippen molar-refractivity contribution < 1.29 is 36.0 Å². The second-order valence-electron chi connectivity index (χ2n) is 7.02. The van der Waals surface area contributed by atoms with Crippen LogP contribution in [-0.4, -0.2) is 47.1 Å². The molecule has 0 fully saturated rings. The van der Waals surface area contributed by atoms with Crippen molar-refractivity contribution in [3.05, 3.63) is 54.6 Å². The van der Waals surface area contributed by atoms with Gasteiger partial charge in [-0.25, -0.2) is 4.98 Å². The number of ether oxygens (including phenoxy) is 1. The van der Waals surface area contributed by atoms with E-state index < -0.39 is 28.3 Å². The molecule has 0 aliphatic heterocycles. The summed E-state index contributed by atoms with van der Waals surface area (Å²) in [6, 6.07) is 11.4. The van der Waals surface area contributed by atoms with Gasteiger partial charge in [-0.3, -0.25) is 15.4 Å². The van der Waals surface area contributed by atoms with Crippen LogP contribution in [0.5, 0.6) is 5.75 Å². The number of hydrogen-bond donors (Lipinski definition) is 5. The highest BCUT2D eigenvalue weighted by molar-refractivity contribution is 7.85. The fourth-order valence-corrected chi connectivity index (χ4v) is 3.17. The maximum Gasteiger partial charge on any atom is 0.573 e. The van der Waals surface area contributed by atoms with Crippen LogP contribution in [0.2, 0.25) is 0 Å². The second-order valence-corrected chi connectivity index (χ2v) is 8.44. The lowest BCUT2D eigenvalue weighted by Crippen LogP contribution is -2.21. The molecule has 0 saturated carbocycles. The summed E-state index contributed by atoms with van der Waals surface area (Å²) in [4.78, 5) is 8.25. The van der Waals surface area contributed by atoms with Crippen molar-refractivity contribution in [1.29, 1.82) is 0 Å². The highest BCUT2D eigenvalue weighted by Gasteiger charge is 2.31. The number of hydrazine groups is 1. The van der Waals surface area contributed by atoms with Gasteiger partial charge < -0.3 is 15.2 Å². The third-order valence-electron chi connectivity index (χ3n) is 4.23. The van der Waals surface area contributed by atoms with E-state index in [1.807, 2.05) is 0 Å². The number of anilines is 3. The van der Waals surface area contributed by atoms with Crippen molar-refractivity contribution in [3.8, 4) is 17.0 Å². The summed E-state index contributed by atoms with van der Waals surface area (Å²) in [7, 11) is -4.34. The van der Waals surface area contributed by atoms with Gasteiger partial charge in [-0.05, 0) is 43.3 Å². The van der Waals surface area contributed by atoms with Gasteiger partial charge >= 0.3 is 6.36 Å². The number of nitrogens with zero attached hydrogens (tertiary/aromatic N) is 2. The Labute approximate surface area is 192 Å². The van der Waals surface area contributed by atoms with Gasteiger partial charge in [0.25, 0.3) is 10.1 Å².